The van der Waals surface area contributed by atoms with E-state index in [-0.39, 0.29) is 4.90 Å². The van der Waals surface area contributed by atoms with Gasteiger partial charge < -0.3 is 24.5 Å². The molecule has 1 aliphatic heterocycles. The highest BCUT2D eigenvalue weighted by molar-refractivity contribution is 7.89. The maximum atomic E-state index is 13.6. The van der Waals surface area contributed by atoms with Gasteiger partial charge in [-0.25, -0.2) is 22.5 Å². The molecule has 4 atom stereocenters. The molecule has 37 heavy (non-hydrogen) atoms. The van der Waals surface area contributed by atoms with E-state index >= 15 is 0 Å². The van der Waals surface area contributed by atoms with E-state index in [2.05, 4.69) is 9.25 Å². The highest BCUT2D eigenvalue weighted by Crippen LogP contribution is 2.39. The van der Waals surface area contributed by atoms with Crippen LogP contribution in [0.25, 0.3) is 10.8 Å². The highest BCUT2D eigenvalue weighted by Gasteiger charge is 2.47. The number of hydrogen-bond donors (Lipinski definition) is 5. The molecular formula is C21H25N4O10PS. The van der Waals surface area contributed by atoms with Crippen LogP contribution in [0.4, 0.5) is 5.69 Å². The molecule has 4 rings (SSSR count). The number of rotatable bonds is 8. The summed E-state index contributed by atoms with van der Waals surface area (Å²) >= 11 is 0. The Morgan fingerprint density at radius 3 is 2.46 bits per heavy atom. The first-order valence-corrected chi connectivity index (χ1v) is 13.9. The molecule has 14 nitrogen and oxygen atoms in total. The van der Waals surface area contributed by atoms with E-state index in [9.17, 15) is 27.7 Å². The number of nitrogens with one attached hydrogen (secondary N) is 2. The molecule has 1 saturated heterocycles. The number of aromatic nitrogens is 2. The minimum atomic E-state index is -4.95. The lowest BCUT2D eigenvalue weighted by molar-refractivity contribution is -0.0458. The molecule has 0 spiro atoms. The fourth-order valence-electron chi connectivity index (χ4n) is 4.18. The summed E-state index contributed by atoms with van der Waals surface area (Å²) < 4.78 is 51.5. The molecule has 0 bridgehead atoms. The van der Waals surface area contributed by atoms with Crippen LogP contribution in [0.2, 0.25) is 0 Å². The number of phosphoric ester groups is 1. The number of aliphatic hydroxyl groups excluding tert-OH is 1. The monoisotopic (exact) mass is 556 g/mol. The van der Waals surface area contributed by atoms with Gasteiger partial charge >= 0.3 is 13.5 Å². The molecule has 1 aliphatic rings. The number of sulfonamides is 1. The van der Waals surface area contributed by atoms with Crippen molar-refractivity contribution < 1.29 is 37.1 Å². The van der Waals surface area contributed by atoms with Gasteiger partial charge in [-0.15, -0.1) is 0 Å². The summed E-state index contributed by atoms with van der Waals surface area (Å²) in [5, 5.41) is 11.9. The fraction of sp³-hybridized carbons (Fsp3) is 0.333. The van der Waals surface area contributed by atoms with Crippen LogP contribution in [0.15, 0.2) is 63.1 Å². The van der Waals surface area contributed by atoms with Crippen LogP contribution in [0.5, 0.6) is 0 Å². The van der Waals surface area contributed by atoms with Crippen molar-refractivity contribution in [2.75, 3.05) is 25.6 Å². The summed E-state index contributed by atoms with van der Waals surface area (Å²) in [5.74, 6) is 0. The third-order valence-electron chi connectivity index (χ3n) is 5.82. The lowest BCUT2D eigenvalue weighted by Crippen LogP contribution is -2.48. The van der Waals surface area contributed by atoms with Gasteiger partial charge in [0.05, 0.1) is 17.5 Å². The Morgan fingerprint density at radius 2 is 1.81 bits per heavy atom. The maximum absolute atomic E-state index is 13.6. The summed E-state index contributed by atoms with van der Waals surface area (Å²) in [7, 11) is -5.69. The van der Waals surface area contributed by atoms with Gasteiger partial charge in [0.25, 0.3) is 5.56 Å². The number of anilines is 1. The van der Waals surface area contributed by atoms with Gasteiger partial charge in [-0.2, -0.15) is 0 Å². The van der Waals surface area contributed by atoms with Crippen molar-refractivity contribution in [3.05, 3.63) is 69.5 Å². The predicted molar refractivity (Wildman–Crippen MR) is 132 cm³/mol. The third-order valence-corrected chi connectivity index (χ3v) is 7.83. The van der Waals surface area contributed by atoms with Crippen molar-refractivity contribution in [2.24, 2.45) is 0 Å². The topological polar surface area (TPSA) is 200 Å². The van der Waals surface area contributed by atoms with Crippen molar-refractivity contribution in [1.29, 1.82) is 0 Å². The quantitative estimate of drug-likeness (QED) is 0.223. The zero-order valence-corrected chi connectivity index (χ0v) is 21.3. The van der Waals surface area contributed by atoms with E-state index in [1.807, 2.05) is 30.0 Å². The second kappa shape index (κ2) is 10.1. The second-order valence-corrected chi connectivity index (χ2v) is 11.5. The molecule has 200 valence electrons. The molecule has 1 fully saturated rings. The van der Waals surface area contributed by atoms with Crippen LogP contribution >= 0.6 is 7.82 Å². The van der Waals surface area contributed by atoms with Crippen molar-refractivity contribution >= 4 is 34.3 Å². The van der Waals surface area contributed by atoms with Crippen molar-refractivity contribution in [3.8, 4) is 0 Å². The molecule has 0 saturated carbocycles. The minimum absolute atomic E-state index is 0.108. The molecule has 2 heterocycles. The molecule has 16 heteroatoms. The van der Waals surface area contributed by atoms with Crippen LogP contribution in [-0.2, 0) is 23.8 Å². The number of H-pyrrole nitrogens is 1. The number of nitrogens with zero attached hydrogens (tertiary/aromatic N) is 2. The molecule has 3 aromatic rings. The molecule has 5 N–H and O–H groups in total. The zero-order valence-electron chi connectivity index (χ0n) is 19.6. The molecule has 0 radical (unpaired) electrons. The Bertz CT molecular complexity index is 1580. The van der Waals surface area contributed by atoms with Gasteiger partial charge in [0, 0.05) is 42.8 Å². The van der Waals surface area contributed by atoms with Crippen molar-refractivity contribution in [3.63, 3.8) is 0 Å². The van der Waals surface area contributed by atoms with E-state index in [1.54, 1.807) is 24.3 Å². The lowest BCUT2D eigenvalue weighted by atomic mass is 10.1. The summed E-state index contributed by atoms with van der Waals surface area (Å²) in [4.78, 5) is 45.7. The number of fused-ring (bicyclic) bond motifs is 1. The highest BCUT2D eigenvalue weighted by atomic mass is 32.2. The van der Waals surface area contributed by atoms with Crippen molar-refractivity contribution in [1.82, 2.24) is 14.3 Å². The molecule has 0 amide bonds. The van der Waals surface area contributed by atoms with Gasteiger partial charge in [-0.1, -0.05) is 24.3 Å². The molecule has 0 aliphatic carbocycles. The van der Waals surface area contributed by atoms with Crippen LogP contribution in [0.3, 0.4) is 0 Å². The Morgan fingerprint density at radius 1 is 1.14 bits per heavy atom. The van der Waals surface area contributed by atoms with E-state index in [0.717, 1.165) is 22.5 Å². The smallest absolute Gasteiger partial charge is 0.388 e. The summed E-state index contributed by atoms with van der Waals surface area (Å²) in [5.41, 5.74) is -0.900. The van der Waals surface area contributed by atoms with Crippen LogP contribution in [-0.4, -0.2) is 71.8 Å². The first kappa shape index (κ1) is 27.2. The van der Waals surface area contributed by atoms with Gasteiger partial charge in [0.15, 0.2) is 6.23 Å². The number of ether oxygens (including phenoxy) is 1. The Hall–Kier alpha value is -2.88. The largest absolute Gasteiger partial charge is 0.469 e. The Kier molecular flexibility index (Phi) is 7.43. The van der Waals surface area contributed by atoms with Gasteiger partial charge in [-0.05, 0) is 12.1 Å². The predicted octanol–water partition coefficient (Wildman–Crippen LogP) is -0.530. The number of benzene rings is 2. The van der Waals surface area contributed by atoms with Crippen molar-refractivity contribution in [2.45, 2.75) is 29.4 Å². The van der Waals surface area contributed by atoms with Crippen LogP contribution < -0.4 is 20.9 Å². The average Bonchev–Trinajstić information content (AvgIpc) is 3.10. The normalized spacial score (nSPS) is 22.4. The molecule has 2 aromatic carbocycles. The number of aromatic amines is 1. The van der Waals surface area contributed by atoms with E-state index in [0.29, 0.717) is 10.8 Å². The van der Waals surface area contributed by atoms with E-state index in [4.69, 9.17) is 14.5 Å². The minimum Gasteiger partial charge on any atom is -0.388 e. The zero-order chi connectivity index (χ0) is 27.1. The lowest BCUT2D eigenvalue weighted by Gasteiger charge is -2.23. The van der Waals surface area contributed by atoms with Gasteiger partial charge in [0.1, 0.15) is 12.2 Å². The molecule has 0 unspecified atom stereocenters. The summed E-state index contributed by atoms with van der Waals surface area (Å²) in [6.07, 6.45) is -3.57. The molecule has 1 aromatic heterocycles. The standard InChI is InChI=1S/C21H25N4O10PS/c1-24(2)14-7-3-6-13-12(14)5-4-8-16(13)37(32,33)23-18-19(27)15(11-34-36(29,30)31)35-20(18)25-10-9-17(26)22-21(25)28/h3-10,15,18-20,23,27H,11H2,1-2H3,(H,22,26,28)(H2,29,30,31)/t15-,18-,19-,20-/m1/s1. The number of hydrogen-bond acceptors (Lipinski definition) is 9. The Labute approximate surface area is 210 Å². The number of phosphoric acid groups is 1. The SMILES string of the molecule is CN(C)c1cccc2c(S(=O)(=O)N[C@@H]3[C@H](O)[C@@H](COP(=O)(O)O)O[C@H]3n3ccc(=O)[nH]c3=O)cccc12. The van der Waals surface area contributed by atoms with Gasteiger partial charge in [0.2, 0.25) is 10.0 Å². The number of aliphatic hydroxyl groups is 1. The fourth-order valence-corrected chi connectivity index (χ4v) is 5.99. The van der Waals surface area contributed by atoms with E-state index < -0.39 is 60.2 Å². The summed E-state index contributed by atoms with van der Waals surface area (Å²) in [6, 6.07) is 9.33. The molecular weight excluding hydrogens is 531 g/mol. The maximum Gasteiger partial charge on any atom is 0.469 e. The first-order valence-electron chi connectivity index (χ1n) is 10.8. The average molecular weight is 556 g/mol. The second-order valence-electron chi connectivity index (χ2n) is 8.53. The van der Waals surface area contributed by atoms with Crippen LogP contribution in [0.1, 0.15) is 6.23 Å². The Balaban J connectivity index is 1.76. The summed E-state index contributed by atoms with van der Waals surface area (Å²) in [6.45, 7) is -0.807. The van der Waals surface area contributed by atoms with E-state index in [1.165, 1.54) is 6.07 Å². The first-order chi connectivity index (χ1) is 17.3. The third kappa shape index (κ3) is 5.68. The van der Waals surface area contributed by atoms with Gasteiger partial charge in [-0.3, -0.25) is 18.9 Å². The van der Waals surface area contributed by atoms with Crippen LogP contribution in [0, 0.1) is 0 Å².